The first kappa shape index (κ1) is 20.6. The van der Waals surface area contributed by atoms with Crippen molar-refractivity contribution in [2.24, 2.45) is 5.73 Å². The number of methoxy groups -OCH3 is 3. The van der Waals surface area contributed by atoms with E-state index in [1.165, 1.54) is 26.4 Å². The van der Waals surface area contributed by atoms with Crippen LogP contribution in [0, 0.1) is 0 Å². The number of H-pyrrole nitrogens is 1. The first-order chi connectivity index (χ1) is 13.2. The van der Waals surface area contributed by atoms with Gasteiger partial charge in [0.05, 0.1) is 26.9 Å². The number of carbonyl (C=O) groups is 2. The molecule has 1 amide bonds. The van der Waals surface area contributed by atoms with Crippen molar-refractivity contribution in [3.05, 3.63) is 45.4 Å². The molecule has 1 aromatic carbocycles. The number of ether oxygens (including phenoxy) is 3. The number of aromatic nitrogens is 1. The van der Waals surface area contributed by atoms with Gasteiger partial charge in [-0.15, -0.1) is 0 Å². The molecule has 0 saturated carbocycles. The Balaban J connectivity index is 2.78. The zero-order valence-electron chi connectivity index (χ0n) is 15.4. The van der Waals surface area contributed by atoms with E-state index in [9.17, 15) is 24.6 Å². The van der Waals surface area contributed by atoms with Crippen LogP contribution in [0.1, 0.15) is 33.8 Å². The van der Waals surface area contributed by atoms with Gasteiger partial charge in [0, 0.05) is 18.5 Å². The van der Waals surface area contributed by atoms with Crippen LogP contribution in [0.4, 0.5) is 0 Å². The third-order valence-corrected chi connectivity index (χ3v) is 4.17. The van der Waals surface area contributed by atoms with Gasteiger partial charge in [0.2, 0.25) is 11.7 Å². The van der Waals surface area contributed by atoms with Crippen LogP contribution >= 0.6 is 0 Å². The number of amides is 1. The summed E-state index contributed by atoms with van der Waals surface area (Å²) in [5.41, 5.74) is 4.32. The summed E-state index contributed by atoms with van der Waals surface area (Å²) in [5, 5.41) is 20.6. The summed E-state index contributed by atoms with van der Waals surface area (Å²) in [4.78, 5) is 38.3. The largest absolute Gasteiger partial charge is 0.506 e. The highest BCUT2D eigenvalue weighted by molar-refractivity contribution is 5.92. The number of benzene rings is 1. The zero-order valence-corrected chi connectivity index (χ0v) is 15.4. The summed E-state index contributed by atoms with van der Waals surface area (Å²) < 4.78 is 14.8. The molecule has 0 radical (unpaired) electrons. The lowest BCUT2D eigenvalue weighted by Crippen LogP contribution is -2.24. The molecule has 0 aliphatic carbocycles. The summed E-state index contributed by atoms with van der Waals surface area (Å²) in [5.74, 6) is -3.60. The fourth-order valence-corrected chi connectivity index (χ4v) is 2.83. The molecule has 0 aliphatic rings. The van der Waals surface area contributed by atoms with Crippen LogP contribution in [-0.2, 0) is 9.53 Å². The van der Waals surface area contributed by atoms with Gasteiger partial charge in [0.25, 0.3) is 5.56 Å². The van der Waals surface area contributed by atoms with Gasteiger partial charge >= 0.3 is 5.97 Å². The molecular weight excluding hydrogens is 372 g/mol. The number of hydrogen-bond donors (Lipinski definition) is 4. The molecule has 28 heavy (non-hydrogen) atoms. The van der Waals surface area contributed by atoms with Crippen LogP contribution in [0.25, 0.3) is 0 Å². The number of hydrogen-bond acceptors (Lipinski definition) is 8. The number of nitrogens with one attached hydrogen (secondary N) is 1. The number of rotatable bonds is 7. The second-order valence-electron chi connectivity index (χ2n) is 5.78. The highest BCUT2D eigenvalue weighted by Gasteiger charge is 2.29. The molecule has 0 fully saturated rings. The molecule has 10 nitrogen and oxygen atoms in total. The zero-order chi connectivity index (χ0) is 21.0. The lowest BCUT2D eigenvalue weighted by Gasteiger charge is -2.20. The Morgan fingerprint density at radius 1 is 1.11 bits per heavy atom. The standard InChI is InChI=1S/C18H20N2O8/c1-26-11-4-8(5-12(27-2)16(11)23)9(6-13(19)21)14-15(22)10(18(25)28-3)7-20-17(14)24/h4-5,7,9,23H,6H2,1-3H3,(H2,19,21)(H2,20,22,24)/t9-/m0/s1. The van der Waals surface area contributed by atoms with E-state index in [2.05, 4.69) is 9.72 Å². The first-order valence-electron chi connectivity index (χ1n) is 8.01. The van der Waals surface area contributed by atoms with Crippen molar-refractivity contribution in [2.45, 2.75) is 12.3 Å². The minimum Gasteiger partial charge on any atom is -0.506 e. The molecule has 1 atom stereocenters. The summed E-state index contributed by atoms with van der Waals surface area (Å²) in [6.07, 6.45) is 0.630. The van der Waals surface area contributed by atoms with E-state index in [0.717, 1.165) is 13.3 Å². The van der Waals surface area contributed by atoms with Crippen LogP contribution < -0.4 is 20.8 Å². The molecule has 10 heteroatoms. The number of aromatic hydroxyl groups is 2. The van der Waals surface area contributed by atoms with Crippen LogP contribution in [-0.4, -0.2) is 48.4 Å². The maximum Gasteiger partial charge on any atom is 0.343 e. The third-order valence-electron chi connectivity index (χ3n) is 4.17. The Labute approximate surface area is 159 Å². The number of phenolic OH excluding ortho intramolecular Hbond substituents is 1. The monoisotopic (exact) mass is 392 g/mol. The van der Waals surface area contributed by atoms with Gasteiger partial charge in [-0.3, -0.25) is 9.59 Å². The quantitative estimate of drug-likeness (QED) is 0.498. The topological polar surface area (TPSA) is 161 Å². The fraction of sp³-hybridized carbons (Fsp3) is 0.278. The molecule has 150 valence electrons. The lowest BCUT2D eigenvalue weighted by molar-refractivity contribution is -0.118. The minimum absolute atomic E-state index is 0.0175. The molecule has 1 heterocycles. The number of esters is 1. The Morgan fingerprint density at radius 2 is 1.68 bits per heavy atom. The van der Waals surface area contributed by atoms with Crippen LogP contribution in [0.5, 0.6) is 23.0 Å². The SMILES string of the molecule is COC(=O)c1c[nH]c(=O)c([C@@H](CC(N)=O)c2cc(OC)c(O)c(OC)c2)c1O. The van der Waals surface area contributed by atoms with Gasteiger partial charge in [-0.05, 0) is 17.7 Å². The molecule has 0 spiro atoms. The first-order valence-corrected chi connectivity index (χ1v) is 8.01. The molecule has 2 rings (SSSR count). The van der Waals surface area contributed by atoms with Crippen molar-refractivity contribution in [1.82, 2.24) is 4.98 Å². The van der Waals surface area contributed by atoms with Gasteiger partial charge < -0.3 is 35.1 Å². The molecule has 0 aliphatic heterocycles. The third kappa shape index (κ3) is 3.85. The average molecular weight is 392 g/mol. The maximum atomic E-state index is 12.4. The summed E-state index contributed by atoms with van der Waals surface area (Å²) >= 11 is 0. The number of phenols is 1. The van der Waals surface area contributed by atoms with Gasteiger partial charge in [-0.2, -0.15) is 0 Å². The predicted molar refractivity (Wildman–Crippen MR) is 96.9 cm³/mol. The van der Waals surface area contributed by atoms with E-state index in [4.69, 9.17) is 15.2 Å². The average Bonchev–Trinajstić information content (AvgIpc) is 2.66. The molecule has 0 bridgehead atoms. The van der Waals surface area contributed by atoms with E-state index in [0.29, 0.717) is 0 Å². The number of pyridine rings is 1. The smallest absolute Gasteiger partial charge is 0.343 e. The lowest BCUT2D eigenvalue weighted by atomic mass is 9.87. The normalized spacial score (nSPS) is 11.5. The van der Waals surface area contributed by atoms with Crippen molar-refractivity contribution in [1.29, 1.82) is 0 Å². The van der Waals surface area contributed by atoms with E-state index in [-0.39, 0.29) is 40.4 Å². The van der Waals surface area contributed by atoms with Gasteiger partial charge in [-0.1, -0.05) is 0 Å². The van der Waals surface area contributed by atoms with Crippen molar-refractivity contribution < 1.29 is 34.0 Å². The predicted octanol–water partition coefficient (Wildman–Crippen LogP) is 0.597. The van der Waals surface area contributed by atoms with Crippen LogP contribution in [0.15, 0.2) is 23.1 Å². The molecule has 0 unspecified atom stereocenters. The van der Waals surface area contributed by atoms with Gasteiger partial charge in [0.15, 0.2) is 11.5 Å². The van der Waals surface area contributed by atoms with E-state index < -0.39 is 29.1 Å². The van der Waals surface area contributed by atoms with Gasteiger partial charge in [0.1, 0.15) is 11.3 Å². The van der Waals surface area contributed by atoms with Crippen molar-refractivity contribution in [3.8, 4) is 23.0 Å². The Morgan fingerprint density at radius 3 is 2.14 bits per heavy atom. The van der Waals surface area contributed by atoms with Crippen molar-refractivity contribution in [3.63, 3.8) is 0 Å². The second kappa shape index (κ2) is 8.33. The number of nitrogens with two attached hydrogens (primary N) is 1. The van der Waals surface area contributed by atoms with E-state index in [1.54, 1.807) is 0 Å². The molecule has 0 saturated heterocycles. The fourth-order valence-electron chi connectivity index (χ4n) is 2.83. The van der Waals surface area contributed by atoms with E-state index in [1.807, 2.05) is 0 Å². The van der Waals surface area contributed by atoms with Crippen molar-refractivity contribution in [2.75, 3.05) is 21.3 Å². The molecule has 2 aromatic rings. The Bertz CT molecular complexity index is 942. The molecular formula is C18H20N2O8. The van der Waals surface area contributed by atoms with Crippen LogP contribution in [0.3, 0.4) is 0 Å². The number of primary amides is 1. The Kier molecular flexibility index (Phi) is 6.14. The maximum absolute atomic E-state index is 12.4. The summed E-state index contributed by atoms with van der Waals surface area (Å²) in [6.45, 7) is 0. The minimum atomic E-state index is -1.06. The number of aromatic amines is 1. The highest BCUT2D eigenvalue weighted by atomic mass is 16.5. The van der Waals surface area contributed by atoms with Crippen molar-refractivity contribution >= 4 is 11.9 Å². The molecule has 5 N–H and O–H groups in total. The van der Waals surface area contributed by atoms with Crippen LogP contribution in [0.2, 0.25) is 0 Å². The Hall–Kier alpha value is -3.69. The van der Waals surface area contributed by atoms with Gasteiger partial charge in [-0.25, -0.2) is 4.79 Å². The molecule has 1 aromatic heterocycles. The van der Waals surface area contributed by atoms with E-state index >= 15 is 0 Å². The summed E-state index contributed by atoms with van der Waals surface area (Å²) in [6, 6.07) is 2.74. The second-order valence-corrected chi connectivity index (χ2v) is 5.78. The highest BCUT2D eigenvalue weighted by Crippen LogP contribution is 2.42. The number of carbonyl (C=O) groups excluding carboxylic acids is 2. The summed E-state index contributed by atoms with van der Waals surface area (Å²) in [7, 11) is 3.73.